The van der Waals surface area contributed by atoms with Gasteiger partial charge in [-0.25, -0.2) is 0 Å². The van der Waals surface area contributed by atoms with E-state index in [0.29, 0.717) is 19.4 Å². The molecule has 0 bridgehead atoms. The lowest BCUT2D eigenvalue weighted by atomic mass is 10.1. The first kappa shape index (κ1) is 13.1. The second kappa shape index (κ2) is 5.98. The molecule has 2 rings (SSSR count). The number of carbonyl (C=O) groups is 2. The topological polar surface area (TPSA) is 58.2 Å². The first-order valence-electron chi connectivity index (χ1n) is 5.97. The minimum absolute atomic E-state index is 0.191. The zero-order chi connectivity index (χ0) is 13.0. The van der Waals surface area contributed by atoms with Crippen LogP contribution < -0.4 is 10.6 Å². The first-order valence-corrected chi connectivity index (χ1v) is 6.35. The number of hydrogen-bond acceptors (Lipinski definition) is 3. The van der Waals surface area contributed by atoms with Crippen LogP contribution in [0.4, 0.5) is 0 Å². The Kier molecular flexibility index (Phi) is 4.33. The van der Waals surface area contributed by atoms with Crippen LogP contribution >= 0.6 is 11.6 Å². The number of piperidine rings is 1. The molecule has 2 amide bonds. The standard InChI is InChI=1S/C13H15ClN2O2/c14-10-4-2-1-3-9(10)7-8-15-11-5-6-12(17)16-13(11)18/h1-4,11,15H,5-8H2,(H,16,17,18). The molecule has 18 heavy (non-hydrogen) atoms. The molecule has 0 spiro atoms. The van der Waals surface area contributed by atoms with Gasteiger partial charge in [-0.1, -0.05) is 29.8 Å². The lowest BCUT2D eigenvalue weighted by Gasteiger charge is -2.21. The lowest BCUT2D eigenvalue weighted by molar-refractivity contribution is -0.134. The number of nitrogens with one attached hydrogen (secondary N) is 2. The van der Waals surface area contributed by atoms with E-state index >= 15 is 0 Å². The summed E-state index contributed by atoms with van der Waals surface area (Å²) in [6, 6.07) is 7.37. The Morgan fingerprint density at radius 1 is 1.33 bits per heavy atom. The van der Waals surface area contributed by atoms with Crippen LogP contribution in [0, 0.1) is 0 Å². The summed E-state index contributed by atoms with van der Waals surface area (Å²) >= 11 is 6.04. The Hall–Kier alpha value is -1.39. The molecule has 1 unspecified atom stereocenters. The second-order valence-electron chi connectivity index (χ2n) is 4.30. The van der Waals surface area contributed by atoms with Crippen molar-refractivity contribution in [2.45, 2.75) is 25.3 Å². The van der Waals surface area contributed by atoms with Gasteiger partial charge < -0.3 is 5.32 Å². The predicted molar refractivity (Wildman–Crippen MR) is 69.3 cm³/mol. The smallest absolute Gasteiger partial charge is 0.243 e. The third-order valence-electron chi connectivity index (χ3n) is 2.98. The van der Waals surface area contributed by atoms with E-state index in [1.54, 1.807) is 0 Å². The van der Waals surface area contributed by atoms with E-state index in [1.807, 2.05) is 24.3 Å². The molecular formula is C13H15ClN2O2. The van der Waals surface area contributed by atoms with E-state index in [-0.39, 0.29) is 17.9 Å². The van der Waals surface area contributed by atoms with Gasteiger partial charge >= 0.3 is 0 Å². The van der Waals surface area contributed by atoms with Gasteiger partial charge in [-0.2, -0.15) is 0 Å². The Morgan fingerprint density at radius 2 is 2.11 bits per heavy atom. The van der Waals surface area contributed by atoms with Gasteiger partial charge in [0.1, 0.15) is 0 Å². The van der Waals surface area contributed by atoms with Crippen LogP contribution in [0.25, 0.3) is 0 Å². The highest BCUT2D eigenvalue weighted by Gasteiger charge is 2.25. The molecule has 1 atom stereocenters. The number of halogens is 1. The quantitative estimate of drug-likeness (QED) is 0.807. The van der Waals surface area contributed by atoms with Crippen molar-refractivity contribution in [2.24, 2.45) is 0 Å². The molecule has 4 nitrogen and oxygen atoms in total. The van der Waals surface area contributed by atoms with E-state index < -0.39 is 0 Å². The van der Waals surface area contributed by atoms with Crippen molar-refractivity contribution in [3.8, 4) is 0 Å². The normalized spacial score (nSPS) is 19.7. The van der Waals surface area contributed by atoms with Gasteiger partial charge in [0, 0.05) is 11.4 Å². The molecule has 2 N–H and O–H groups in total. The van der Waals surface area contributed by atoms with Gasteiger partial charge in [-0.3, -0.25) is 14.9 Å². The van der Waals surface area contributed by atoms with Crippen molar-refractivity contribution >= 4 is 23.4 Å². The number of rotatable bonds is 4. The van der Waals surface area contributed by atoms with E-state index in [2.05, 4.69) is 10.6 Å². The van der Waals surface area contributed by atoms with E-state index in [9.17, 15) is 9.59 Å². The summed E-state index contributed by atoms with van der Waals surface area (Å²) in [5, 5.41) is 6.21. The van der Waals surface area contributed by atoms with Gasteiger partial charge in [0.15, 0.2) is 0 Å². The molecule has 0 aromatic heterocycles. The zero-order valence-corrected chi connectivity index (χ0v) is 10.7. The maximum Gasteiger partial charge on any atom is 0.243 e. The van der Waals surface area contributed by atoms with Crippen LogP contribution in [-0.2, 0) is 16.0 Å². The van der Waals surface area contributed by atoms with Crippen LogP contribution in [0.1, 0.15) is 18.4 Å². The fourth-order valence-corrected chi connectivity index (χ4v) is 2.20. The predicted octanol–water partition coefficient (Wildman–Crippen LogP) is 1.28. The highest BCUT2D eigenvalue weighted by molar-refractivity contribution is 6.31. The summed E-state index contributed by atoms with van der Waals surface area (Å²) in [7, 11) is 0. The number of amides is 2. The van der Waals surface area contributed by atoms with Crippen LogP contribution in [0.2, 0.25) is 5.02 Å². The van der Waals surface area contributed by atoms with Crippen molar-refractivity contribution in [2.75, 3.05) is 6.54 Å². The van der Waals surface area contributed by atoms with Crippen LogP contribution in [-0.4, -0.2) is 24.4 Å². The molecule has 0 radical (unpaired) electrons. The average Bonchev–Trinajstić information content (AvgIpc) is 2.34. The number of benzene rings is 1. The highest BCUT2D eigenvalue weighted by atomic mass is 35.5. The molecule has 5 heteroatoms. The van der Waals surface area contributed by atoms with E-state index in [4.69, 9.17) is 11.6 Å². The molecule has 1 fully saturated rings. The molecule has 96 valence electrons. The zero-order valence-electron chi connectivity index (χ0n) is 9.91. The number of carbonyl (C=O) groups excluding carboxylic acids is 2. The molecule has 1 aliphatic rings. The van der Waals surface area contributed by atoms with Crippen molar-refractivity contribution < 1.29 is 9.59 Å². The van der Waals surface area contributed by atoms with Crippen molar-refractivity contribution in [3.63, 3.8) is 0 Å². The highest BCUT2D eigenvalue weighted by Crippen LogP contribution is 2.15. The average molecular weight is 267 g/mol. The van der Waals surface area contributed by atoms with E-state index in [1.165, 1.54) is 0 Å². The molecule has 1 heterocycles. The van der Waals surface area contributed by atoms with Crippen LogP contribution in [0.5, 0.6) is 0 Å². The third kappa shape index (κ3) is 3.31. The lowest BCUT2D eigenvalue weighted by Crippen LogP contribution is -2.51. The largest absolute Gasteiger partial charge is 0.306 e. The summed E-state index contributed by atoms with van der Waals surface area (Å²) in [6.07, 6.45) is 1.72. The molecular weight excluding hydrogens is 252 g/mol. The van der Waals surface area contributed by atoms with Gasteiger partial charge in [0.2, 0.25) is 11.8 Å². The molecule has 1 aliphatic heterocycles. The summed E-state index contributed by atoms with van der Waals surface area (Å²) in [5.74, 6) is -0.422. The van der Waals surface area contributed by atoms with Gasteiger partial charge in [0.25, 0.3) is 0 Å². The van der Waals surface area contributed by atoms with Gasteiger partial charge in [0.05, 0.1) is 6.04 Å². The minimum Gasteiger partial charge on any atom is -0.306 e. The summed E-state index contributed by atoms with van der Waals surface area (Å²) in [5.41, 5.74) is 1.05. The number of hydrogen-bond donors (Lipinski definition) is 2. The molecule has 1 aromatic rings. The van der Waals surface area contributed by atoms with Crippen molar-refractivity contribution in [1.82, 2.24) is 10.6 Å². The molecule has 1 aromatic carbocycles. The Bertz CT molecular complexity index is 462. The second-order valence-corrected chi connectivity index (χ2v) is 4.71. The molecule has 1 saturated heterocycles. The summed E-state index contributed by atoms with van der Waals surface area (Å²) in [6.45, 7) is 0.663. The van der Waals surface area contributed by atoms with Gasteiger partial charge in [-0.05, 0) is 31.0 Å². The fourth-order valence-electron chi connectivity index (χ4n) is 1.97. The summed E-state index contributed by atoms with van der Waals surface area (Å²) in [4.78, 5) is 22.5. The first-order chi connectivity index (χ1) is 8.66. The SMILES string of the molecule is O=C1CCC(NCCc2ccccc2Cl)C(=O)N1. The summed E-state index contributed by atoms with van der Waals surface area (Å²) < 4.78 is 0. The molecule has 0 saturated carbocycles. The van der Waals surface area contributed by atoms with Crippen molar-refractivity contribution in [1.29, 1.82) is 0 Å². The number of imide groups is 1. The fraction of sp³-hybridized carbons (Fsp3) is 0.385. The van der Waals surface area contributed by atoms with Crippen LogP contribution in [0.15, 0.2) is 24.3 Å². The maximum absolute atomic E-state index is 11.5. The third-order valence-corrected chi connectivity index (χ3v) is 3.35. The maximum atomic E-state index is 11.5. The Morgan fingerprint density at radius 3 is 2.83 bits per heavy atom. The van der Waals surface area contributed by atoms with E-state index in [0.717, 1.165) is 17.0 Å². The molecule has 0 aliphatic carbocycles. The monoisotopic (exact) mass is 266 g/mol. The van der Waals surface area contributed by atoms with Crippen LogP contribution in [0.3, 0.4) is 0 Å². The Balaban J connectivity index is 1.81. The minimum atomic E-state index is -0.273. The van der Waals surface area contributed by atoms with Crippen molar-refractivity contribution in [3.05, 3.63) is 34.9 Å². The Labute approximate surface area is 111 Å². The van der Waals surface area contributed by atoms with Gasteiger partial charge in [-0.15, -0.1) is 0 Å².